The molecule has 0 saturated heterocycles. The van der Waals surface area contributed by atoms with E-state index in [4.69, 9.17) is 14.2 Å². The average molecular weight is 830 g/mol. The van der Waals surface area contributed by atoms with Gasteiger partial charge in [0, 0.05) is 19.3 Å². The molecule has 2 unspecified atom stereocenters. The number of rotatable bonds is 43. The first-order chi connectivity index (χ1) is 28.6. The maximum Gasteiger partial charge on any atom is 0.306 e. The lowest BCUT2D eigenvalue weighted by Crippen LogP contribution is -2.55. The van der Waals surface area contributed by atoms with Crippen LogP contribution in [0.2, 0.25) is 0 Å². The molecule has 0 saturated carbocycles. The van der Waals surface area contributed by atoms with Gasteiger partial charge in [-0.1, -0.05) is 184 Å². The lowest BCUT2D eigenvalue weighted by atomic mass is 10.0. The fourth-order valence-corrected chi connectivity index (χ4v) is 7.00. The van der Waals surface area contributed by atoms with Crippen LogP contribution in [0.4, 0.5) is 0 Å². The van der Waals surface area contributed by atoms with E-state index in [9.17, 15) is 19.5 Å². The minimum atomic E-state index is -1.13. The fraction of sp³-hybridized carbons (Fsp3) is 0.784. The zero-order valence-electron chi connectivity index (χ0n) is 38.9. The van der Waals surface area contributed by atoms with E-state index in [2.05, 4.69) is 62.5 Å². The highest BCUT2D eigenvalue weighted by molar-refractivity contribution is 5.70. The number of hydrogen-bond donors (Lipinski definition) is 0. The summed E-state index contributed by atoms with van der Waals surface area (Å²) in [6.45, 7) is 4.56. The minimum Gasteiger partial charge on any atom is -0.544 e. The molecular weight excluding hydrogens is 739 g/mol. The van der Waals surface area contributed by atoms with Gasteiger partial charge in [-0.3, -0.25) is 9.59 Å². The largest absolute Gasteiger partial charge is 0.544 e. The van der Waals surface area contributed by atoms with Gasteiger partial charge in [-0.25, -0.2) is 0 Å². The molecule has 0 aromatic rings. The number of esters is 2. The third-order valence-corrected chi connectivity index (χ3v) is 10.7. The Balaban J connectivity index is 4.23. The number of nitrogens with zero attached hydrogens (tertiary/aromatic N) is 1. The van der Waals surface area contributed by atoms with Crippen molar-refractivity contribution in [3.63, 3.8) is 0 Å². The molecule has 0 aromatic carbocycles. The molecular formula is C51H91NO7. The molecule has 0 aliphatic rings. The fourth-order valence-electron chi connectivity index (χ4n) is 7.00. The van der Waals surface area contributed by atoms with Crippen molar-refractivity contribution in [2.45, 2.75) is 219 Å². The summed E-state index contributed by atoms with van der Waals surface area (Å²) < 4.78 is 17.2. The van der Waals surface area contributed by atoms with Crippen LogP contribution >= 0.6 is 0 Å². The highest BCUT2D eigenvalue weighted by Gasteiger charge is 2.25. The van der Waals surface area contributed by atoms with Gasteiger partial charge < -0.3 is 28.6 Å². The van der Waals surface area contributed by atoms with Crippen LogP contribution in [0.3, 0.4) is 0 Å². The Hall–Kier alpha value is -2.71. The first-order valence-corrected chi connectivity index (χ1v) is 24.2. The van der Waals surface area contributed by atoms with Gasteiger partial charge in [0.15, 0.2) is 6.10 Å². The number of carboxylic acid groups (broad SMARTS) is 1. The van der Waals surface area contributed by atoms with Crippen LogP contribution in [0.25, 0.3) is 0 Å². The predicted octanol–water partition coefficient (Wildman–Crippen LogP) is 12.3. The Morgan fingerprint density at radius 2 is 0.949 bits per heavy atom. The molecule has 0 aliphatic heterocycles. The maximum absolute atomic E-state index is 12.7. The van der Waals surface area contributed by atoms with E-state index in [0.29, 0.717) is 12.8 Å². The van der Waals surface area contributed by atoms with Crippen LogP contribution in [-0.2, 0) is 28.6 Å². The highest BCUT2D eigenvalue weighted by Crippen LogP contribution is 2.15. The van der Waals surface area contributed by atoms with Crippen LogP contribution in [-0.4, -0.2) is 75.5 Å². The van der Waals surface area contributed by atoms with Crippen molar-refractivity contribution >= 4 is 17.9 Å². The van der Waals surface area contributed by atoms with E-state index in [1.165, 1.54) is 103 Å². The molecule has 0 spiro atoms. The normalized spacial score (nSPS) is 13.3. The molecule has 8 heteroatoms. The van der Waals surface area contributed by atoms with Crippen molar-refractivity contribution in [1.29, 1.82) is 0 Å². The van der Waals surface area contributed by atoms with Crippen LogP contribution < -0.4 is 5.11 Å². The summed E-state index contributed by atoms with van der Waals surface area (Å²) in [7, 11) is 5.41. The first kappa shape index (κ1) is 56.3. The average Bonchev–Trinajstić information content (AvgIpc) is 3.19. The van der Waals surface area contributed by atoms with E-state index in [-0.39, 0.29) is 42.7 Å². The van der Waals surface area contributed by atoms with E-state index in [1.807, 2.05) is 0 Å². The predicted molar refractivity (Wildman–Crippen MR) is 245 cm³/mol. The van der Waals surface area contributed by atoms with Gasteiger partial charge in [0.25, 0.3) is 0 Å². The van der Waals surface area contributed by atoms with E-state index in [0.717, 1.165) is 70.6 Å². The Labute approximate surface area is 363 Å². The molecule has 8 nitrogen and oxygen atoms in total. The Bertz CT molecular complexity index is 1110. The zero-order valence-corrected chi connectivity index (χ0v) is 38.9. The summed E-state index contributed by atoms with van der Waals surface area (Å²) in [5.41, 5.74) is 0. The number of quaternary nitrogens is 1. The van der Waals surface area contributed by atoms with E-state index >= 15 is 0 Å². The van der Waals surface area contributed by atoms with Crippen molar-refractivity contribution in [2.75, 3.05) is 41.0 Å². The van der Waals surface area contributed by atoms with Gasteiger partial charge in [0.1, 0.15) is 12.6 Å². The molecule has 2 atom stereocenters. The lowest BCUT2D eigenvalue weighted by molar-refractivity contribution is -0.889. The summed E-state index contributed by atoms with van der Waals surface area (Å²) in [5, 5.41) is 11.6. The van der Waals surface area contributed by atoms with Crippen LogP contribution in [0, 0.1) is 0 Å². The summed E-state index contributed by atoms with van der Waals surface area (Å²) >= 11 is 0. The van der Waals surface area contributed by atoms with Gasteiger partial charge in [-0.05, 0) is 51.4 Å². The number of carbonyl (C=O) groups is 3. The van der Waals surface area contributed by atoms with Gasteiger partial charge in [0.05, 0.1) is 40.3 Å². The Kier molecular flexibility index (Phi) is 40.1. The van der Waals surface area contributed by atoms with Crippen molar-refractivity contribution in [2.24, 2.45) is 0 Å². The summed E-state index contributed by atoms with van der Waals surface area (Å²) in [6, 6.07) is -0.726. The molecule has 0 aromatic heterocycles. The third kappa shape index (κ3) is 40.5. The summed E-state index contributed by atoms with van der Waals surface area (Å²) in [5.74, 6) is -1.74. The lowest BCUT2D eigenvalue weighted by Gasteiger charge is -2.34. The van der Waals surface area contributed by atoms with E-state index in [1.54, 1.807) is 21.1 Å². The molecule has 0 bridgehead atoms. The number of allylic oxidation sites excluding steroid dienone is 8. The van der Waals surface area contributed by atoms with Crippen LogP contribution in [0.15, 0.2) is 48.6 Å². The zero-order chi connectivity index (χ0) is 43.5. The molecule has 0 fully saturated rings. The van der Waals surface area contributed by atoms with Gasteiger partial charge in [-0.2, -0.15) is 0 Å². The van der Waals surface area contributed by atoms with Crippen molar-refractivity contribution in [3.05, 3.63) is 48.6 Å². The van der Waals surface area contributed by atoms with E-state index < -0.39 is 18.1 Å². The standard InChI is InChI=1S/C51H91NO7/c1-6-8-10-12-14-16-18-20-21-22-23-24-25-26-27-28-30-31-33-35-37-39-41-49(53)58-46-47(45-57-44-43-48(51(55)56)52(3,4)5)59-50(54)42-40-38-36-34-32-29-19-17-15-13-11-9-7-2/h8,10,14,16,20-21,23-24,47-48H,6-7,9,11-13,15,17-19,22,25-46H2,1-5H3/b10-8+,16-14+,21-20+,24-23+. The van der Waals surface area contributed by atoms with Gasteiger partial charge >= 0.3 is 11.9 Å². The number of carboxylic acids is 1. The number of hydrogen-bond acceptors (Lipinski definition) is 7. The Morgan fingerprint density at radius 3 is 1.41 bits per heavy atom. The molecule has 0 radical (unpaired) electrons. The van der Waals surface area contributed by atoms with Crippen LogP contribution in [0.1, 0.15) is 206 Å². The number of unbranched alkanes of at least 4 members (excludes halogenated alkanes) is 21. The molecule has 0 aliphatic carbocycles. The quantitative estimate of drug-likeness (QED) is 0.0261. The molecule has 0 rings (SSSR count). The second kappa shape index (κ2) is 42.0. The smallest absolute Gasteiger partial charge is 0.306 e. The van der Waals surface area contributed by atoms with Crippen molar-refractivity contribution in [3.8, 4) is 0 Å². The first-order valence-electron chi connectivity index (χ1n) is 24.2. The highest BCUT2D eigenvalue weighted by atomic mass is 16.6. The number of aliphatic carboxylic acids is 1. The van der Waals surface area contributed by atoms with Crippen LogP contribution in [0.5, 0.6) is 0 Å². The summed E-state index contributed by atoms with van der Waals surface area (Å²) in [4.78, 5) is 36.9. The van der Waals surface area contributed by atoms with Gasteiger partial charge in [0.2, 0.25) is 0 Å². The minimum absolute atomic E-state index is 0.0406. The van der Waals surface area contributed by atoms with Crippen molar-refractivity contribution < 1.29 is 38.2 Å². The molecule has 342 valence electrons. The van der Waals surface area contributed by atoms with Gasteiger partial charge in [-0.15, -0.1) is 0 Å². The molecule has 0 N–H and O–H groups in total. The second-order valence-electron chi connectivity index (χ2n) is 17.3. The maximum atomic E-state index is 12.7. The second-order valence-corrected chi connectivity index (χ2v) is 17.3. The monoisotopic (exact) mass is 830 g/mol. The number of likely N-dealkylation sites (N-methyl/N-ethyl adjacent to an activating group) is 1. The Morgan fingerprint density at radius 1 is 0.525 bits per heavy atom. The number of carbonyl (C=O) groups excluding carboxylic acids is 3. The number of ether oxygens (including phenoxy) is 3. The molecule has 0 heterocycles. The molecule has 59 heavy (non-hydrogen) atoms. The summed E-state index contributed by atoms with van der Waals surface area (Å²) in [6.07, 6.45) is 49.9. The van der Waals surface area contributed by atoms with Crippen molar-refractivity contribution in [1.82, 2.24) is 0 Å². The topological polar surface area (TPSA) is 102 Å². The SMILES string of the molecule is CC/C=C/C/C=C/C/C=C/C/C=C/CCCCCCCCCCCC(=O)OCC(COCCC(C(=O)[O-])[N+](C)(C)C)OC(=O)CCCCCCCCCCCCCCC. The molecule has 0 amide bonds. The third-order valence-electron chi connectivity index (χ3n) is 10.7.